The second-order valence-electron chi connectivity index (χ2n) is 4.17. The molecule has 0 bridgehead atoms. The van der Waals surface area contributed by atoms with Crippen LogP contribution in [0, 0.1) is 11.6 Å². The summed E-state index contributed by atoms with van der Waals surface area (Å²) < 4.78 is 26.3. The van der Waals surface area contributed by atoms with Crippen LogP contribution in [0.2, 0.25) is 5.15 Å². The topological polar surface area (TPSA) is 37.8 Å². The molecule has 1 N–H and O–H groups in total. The second kappa shape index (κ2) is 5.02. The van der Waals surface area contributed by atoms with E-state index < -0.39 is 11.6 Å². The van der Waals surface area contributed by atoms with Crippen LogP contribution >= 0.6 is 11.6 Å². The van der Waals surface area contributed by atoms with E-state index in [2.05, 4.69) is 15.5 Å². The Morgan fingerprint density at radius 2 is 1.55 bits per heavy atom. The summed E-state index contributed by atoms with van der Waals surface area (Å²) in [7, 11) is 0. The third-order valence-electron chi connectivity index (χ3n) is 2.77. The van der Waals surface area contributed by atoms with Gasteiger partial charge in [0.2, 0.25) is 0 Å². The lowest BCUT2D eigenvalue weighted by atomic mass is 10.2. The van der Waals surface area contributed by atoms with Crippen LogP contribution in [-0.4, -0.2) is 10.2 Å². The van der Waals surface area contributed by atoms with Gasteiger partial charge in [0.15, 0.2) is 11.0 Å². The van der Waals surface area contributed by atoms with Gasteiger partial charge in [-0.25, -0.2) is 8.78 Å². The van der Waals surface area contributed by atoms with Crippen molar-refractivity contribution >= 4 is 33.9 Å². The van der Waals surface area contributed by atoms with E-state index >= 15 is 0 Å². The van der Waals surface area contributed by atoms with Gasteiger partial charge in [-0.05, 0) is 12.1 Å². The standard InChI is InChI=1S/C14H8ClF2N3/c15-13-11-3-1-2-4-12(11)14(20-19-13)18-10-6-8(16)5-9(17)7-10/h1-7H,(H,18,20). The highest BCUT2D eigenvalue weighted by molar-refractivity contribution is 6.34. The van der Waals surface area contributed by atoms with Gasteiger partial charge in [0, 0.05) is 22.5 Å². The van der Waals surface area contributed by atoms with Crippen molar-refractivity contribution in [3.05, 3.63) is 59.3 Å². The Hall–Kier alpha value is -2.27. The molecule has 0 aliphatic rings. The first-order chi connectivity index (χ1) is 9.63. The Kier molecular flexibility index (Phi) is 3.20. The van der Waals surface area contributed by atoms with E-state index in [-0.39, 0.29) is 10.8 Å². The lowest BCUT2D eigenvalue weighted by molar-refractivity contribution is 0.584. The maximum atomic E-state index is 13.2. The van der Waals surface area contributed by atoms with Crippen molar-refractivity contribution in [1.82, 2.24) is 10.2 Å². The zero-order valence-corrected chi connectivity index (χ0v) is 10.8. The number of rotatable bonds is 2. The molecule has 3 rings (SSSR count). The van der Waals surface area contributed by atoms with Gasteiger partial charge in [0.05, 0.1) is 0 Å². The van der Waals surface area contributed by atoms with Gasteiger partial charge in [0.25, 0.3) is 0 Å². The molecule has 0 aliphatic carbocycles. The largest absolute Gasteiger partial charge is 0.338 e. The zero-order valence-electron chi connectivity index (χ0n) is 10.1. The smallest absolute Gasteiger partial charge is 0.161 e. The molecular formula is C14H8ClF2N3. The number of aromatic nitrogens is 2. The summed E-state index contributed by atoms with van der Waals surface area (Å²) in [5.74, 6) is -0.951. The highest BCUT2D eigenvalue weighted by Gasteiger charge is 2.08. The molecule has 0 saturated carbocycles. The number of nitrogens with zero attached hydrogens (tertiary/aromatic N) is 2. The summed E-state index contributed by atoms with van der Waals surface area (Å²) in [5, 5.41) is 12.3. The number of hydrogen-bond donors (Lipinski definition) is 1. The van der Waals surface area contributed by atoms with Gasteiger partial charge in [-0.1, -0.05) is 35.9 Å². The van der Waals surface area contributed by atoms with Crippen molar-refractivity contribution in [1.29, 1.82) is 0 Å². The minimum Gasteiger partial charge on any atom is -0.338 e. The summed E-state index contributed by atoms with van der Waals surface area (Å²) in [6, 6.07) is 10.4. The average molecular weight is 292 g/mol. The highest BCUT2D eigenvalue weighted by atomic mass is 35.5. The lowest BCUT2D eigenvalue weighted by Crippen LogP contribution is -1.98. The summed E-state index contributed by atoms with van der Waals surface area (Å²) in [4.78, 5) is 0. The van der Waals surface area contributed by atoms with Crippen molar-refractivity contribution in [2.24, 2.45) is 0 Å². The predicted molar refractivity (Wildman–Crippen MR) is 74.2 cm³/mol. The first-order valence-electron chi connectivity index (χ1n) is 5.77. The Morgan fingerprint density at radius 3 is 2.25 bits per heavy atom. The normalized spacial score (nSPS) is 10.8. The predicted octanol–water partition coefficient (Wildman–Crippen LogP) is 4.31. The number of hydrogen-bond acceptors (Lipinski definition) is 3. The van der Waals surface area contributed by atoms with Crippen LogP contribution in [0.15, 0.2) is 42.5 Å². The van der Waals surface area contributed by atoms with Crippen LogP contribution in [-0.2, 0) is 0 Å². The summed E-state index contributed by atoms with van der Waals surface area (Å²) in [6.07, 6.45) is 0. The fourth-order valence-corrected chi connectivity index (χ4v) is 2.13. The number of fused-ring (bicyclic) bond motifs is 1. The Labute approximate surface area is 118 Å². The monoisotopic (exact) mass is 291 g/mol. The maximum absolute atomic E-state index is 13.2. The molecule has 0 saturated heterocycles. The summed E-state index contributed by atoms with van der Waals surface area (Å²) >= 11 is 5.96. The van der Waals surface area contributed by atoms with E-state index in [1.54, 1.807) is 12.1 Å². The van der Waals surface area contributed by atoms with E-state index in [1.807, 2.05) is 12.1 Å². The van der Waals surface area contributed by atoms with Gasteiger partial charge >= 0.3 is 0 Å². The quantitative estimate of drug-likeness (QED) is 0.765. The zero-order chi connectivity index (χ0) is 14.1. The van der Waals surface area contributed by atoms with Crippen molar-refractivity contribution in [3.63, 3.8) is 0 Å². The van der Waals surface area contributed by atoms with E-state index in [0.717, 1.165) is 11.5 Å². The molecule has 1 heterocycles. The molecule has 0 fully saturated rings. The fourth-order valence-electron chi connectivity index (χ4n) is 1.93. The first-order valence-corrected chi connectivity index (χ1v) is 6.15. The SMILES string of the molecule is Fc1cc(F)cc(Nc2nnc(Cl)c3ccccc23)c1. The number of anilines is 2. The Morgan fingerprint density at radius 1 is 0.900 bits per heavy atom. The molecule has 3 aromatic rings. The number of halogens is 3. The highest BCUT2D eigenvalue weighted by Crippen LogP contribution is 2.28. The fraction of sp³-hybridized carbons (Fsp3) is 0. The average Bonchev–Trinajstić information content (AvgIpc) is 2.41. The van der Waals surface area contributed by atoms with Crippen LogP contribution < -0.4 is 5.32 Å². The van der Waals surface area contributed by atoms with Gasteiger partial charge in [-0.15, -0.1) is 10.2 Å². The molecule has 0 atom stereocenters. The van der Waals surface area contributed by atoms with Crippen LogP contribution in [0.5, 0.6) is 0 Å². The Balaban J connectivity index is 2.09. The third-order valence-corrected chi connectivity index (χ3v) is 3.05. The van der Waals surface area contributed by atoms with Crippen LogP contribution in [0.3, 0.4) is 0 Å². The van der Waals surface area contributed by atoms with Crippen LogP contribution in [0.25, 0.3) is 10.8 Å². The summed E-state index contributed by atoms with van der Waals surface area (Å²) in [5.41, 5.74) is 0.254. The second-order valence-corrected chi connectivity index (χ2v) is 4.53. The number of nitrogens with one attached hydrogen (secondary N) is 1. The minimum absolute atomic E-state index is 0.254. The first kappa shape index (κ1) is 12.7. The molecule has 0 aliphatic heterocycles. The van der Waals surface area contributed by atoms with Crippen molar-refractivity contribution in [3.8, 4) is 0 Å². The molecule has 6 heteroatoms. The lowest BCUT2D eigenvalue weighted by Gasteiger charge is -2.09. The maximum Gasteiger partial charge on any atom is 0.161 e. The summed E-state index contributed by atoms with van der Waals surface area (Å²) in [6.45, 7) is 0. The van der Waals surface area contributed by atoms with Crippen LogP contribution in [0.4, 0.5) is 20.3 Å². The van der Waals surface area contributed by atoms with Crippen molar-refractivity contribution < 1.29 is 8.78 Å². The van der Waals surface area contributed by atoms with Crippen molar-refractivity contribution in [2.75, 3.05) is 5.32 Å². The molecule has 0 spiro atoms. The molecule has 0 unspecified atom stereocenters. The molecule has 100 valence electrons. The molecule has 20 heavy (non-hydrogen) atoms. The molecule has 0 radical (unpaired) electrons. The minimum atomic E-state index is -0.668. The molecule has 1 aromatic heterocycles. The molecule has 2 aromatic carbocycles. The van der Waals surface area contributed by atoms with Gasteiger partial charge < -0.3 is 5.32 Å². The van der Waals surface area contributed by atoms with E-state index in [1.165, 1.54) is 12.1 Å². The Bertz CT molecular complexity index is 772. The van der Waals surface area contributed by atoms with Gasteiger partial charge in [-0.2, -0.15) is 0 Å². The van der Waals surface area contributed by atoms with Gasteiger partial charge in [0.1, 0.15) is 11.6 Å². The van der Waals surface area contributed by atoms with Crippen molar-refractivity contribution in [2.45, 2.75) is 0 Å². The van der Waals surface area contributed by atoms with E-state index in [0.29, 0.717) is 11.2 Å². The molecule has 0 amide bonds. The third kappa shape index (κ3) is 2.40. The van der Waals surface area contributed by atoms with Crippen LogP contribution in [0.1, 0.15) is 0 Å². The van der Waals surface area contributed by atoms with E-state index in [4.69, 9.17) is 11.6 Å². The molecular weight excluding hydrogens is 284 g/mol. The molecule has 3 nitrogen and oxygen atoms in total. The number of benzene rings is 2. The van der Waals surface area contributed by atoms with E-state index in [9.17, 15) is 8.78 Å². The van der Waals surface area contributed by atoms with Gasteiger partial charge in [-0.3, -0.25) is 0 Å².